The summed E-state index contributed by atoms with van der Waals surface area (Å²) < 4.78 is 0. The number of carboxylic acid groups (broad SMARTS) is 1. The van der Waals surface area contributed by atoms with Gasteiger partial charge in [0.25, 0.3) is 0 Å². The average molecular weight is 244 g/mol. The van der Waals surface area contributed by atoms with Crippen molar-refractivity contribution >= 4 is 16.7 Å². The van der Waals surface area contributed by atoms with E-state index in [1.807, 2.05) is 30.6 Å². The second-order valence-electron chi connectivity index (χ2n) is 4.19. The van der Waals surface area contributed by atoms with Gasteiger partial charge < -0.3 is 10.4 Å². The molecule has 0 fully saturated rings. The minimum atomic E-state index is -0.747. The van der Waals surface area contributed by atoms with Gasteiger partial charge in [-0.1, -0.05) is 24.3 Å². The van der Waals surface area contributed by atoms with Crippen molar-refractivity contribution in [1.29, 1.82) is 0 Å². The molecular formula is C14H16N2O2. The van der Waals surface area contributed by atoms with Crippen molar-refractivity contribution in [3.8, 4) is 0 Å². The van der Waals surface area contributed by atoms with Crippen LogP contribution in [0.25, 0.3) is 10.8 Å². The van der Waals surface area contributed by atoms with E-state index in [2.05, 4.69) is 16.4 Å². The Kier molecular flexibility index (Phi) is 4.25. The first-order valence-electron chi connectivity index (χ1n) is 6.01. The number of nitrogens with one attached hydrogen (secondary N) is 1. The number of carboxylic acids is 1. The first-order chi connectivity index (χ1) is 8.77. The van der Waals surface area contributed by atoms with Gasteiger partial charge in [-0.25, -0.2) is 0 Å². The molecule has 0 saturated heterocycles. The fourth-order valence-electron chi connectivity index (χ4n) is 1.91. The highest BCUT2D eigenvalue weighted by Gasteiger charge is 2.01. The minimum absolute atomic E-state index is 0.209. The third kappa shape index (κ3) is 3.28. The summed E-state index contributed by atoms with van der Waals surface area (Å²) in [5.74, 6) is -0.747. The van der Waals surface area contributed by atoms with Gasteiger partial charge in [-0.3, -0.25) is 9.78 Å². The van der Waals surface area contributed by atoms with E-state index in [0.29, 0.717) is 19.5 Å². The Hall–Kier alpha value is -1.94. The van der Waals surface area contributed by atoms with Gasteiger partial charge in [0.15, 0.2) is 0 Å². The molecule has 0 unspecified atom stereocenters. The Morgan fingerprint density at radius 2 is 2.11 bits per heavy atom. The Labute approximate surface area is 106 Å². The van der Waals surface area contributed by atoms with Gasteiger partial charge in [0.05, 0.1) is 0 Å². The molecule has 2 rings (SSSR count). The summed E-state index contributed by atoms with van der Waals surface area (Å²) in [6.07, 6.45) is 4.56. The lowest BCUT2D eigenvalue weighted by molar-refractivity contribution is -0.137. The second kappa shape index (κ2) is 6.12. The summed E-state index contributed by atoms with van der Waals surface area (Å²) in [5, 5.41) is 14.1. The van der Waals surface area contributed by atoms with Crippen LogP contribution in [0.15, 0.2) is 36.7 Å². The predicted octanol–water partition coefficient (Wildman–Crippen LogP) is 2.19. The monoisotopic (exact) mass is 244 g/mol. The average Bonchev–Trinajstić information content (AvgIpc) is 2.38. The molecule has 2 N–H and O–H groups in total. The Balaban J connectivity index is 1.93. The maximum absolute atomic E-state index is 10.4. The van der Waals surface area contributed by atoms with E-state index < -0.39 is 5.97 Å². The van der Waals surface area contributed by atoms with E-state index in [1.54, 1.807) is 0 Å². The summed E-state index contributed by atoms with van der Waals surface area (Å²) >= 11 is 0. The number of fused-ring (bicyclic) bond motifs is 1. The molecule has 0 radical (unpaired) electrons. The third-order valence-corrected chi connectivity index (χ3v) is 2.81. The predicted molar refractivity (Wildman–Crippen MR) is 70.3 cm³/mol. The molecule has 0 atom stereocenters. The van der Waals surface area contributed by atoms with Crippen LogP contribution in [-0.2, 0) is 11.3 Å². The van der Waals surface area contributed by atoms with Gasteiger partial charge in [0.1, 0.15) is 0 Å². The van der Waals surface area contributed by atoms with E-state index in [-0.39, 0.29) is 6.42 Å². The topological polar surface area (TPSA) is 62.2 Å². The molecule has 2 aromatic rings. The number of aliphatic carboxylic acids is 1. The molecular weight excluding hydrogens is 228 g/mol. The van der Waals surface area contributed by atoms with Gasteiger partial charge in [0.2, 0.25) is 0 Å². The molecule has 1 aromatic carbocycles. The fourth-order valence-corrected chi connectivity index (χ4v) is 1.91. The molecule has 0 spiro atoms. The van der Waals surface area contributed by atoms with Crippen molar-refractivity contribution in [1.82, 2.24) is 10.3 Å². The van der Waals surface area contributed by atoms with E-state index in [1.165, 1.54) is 5.39 Å². The summed E-state index contributed by atoms with van der Waals surface area (Å²) in [6, 6.07) is 8.12. The summed E-state index contributed by atoms with van der Waals surface area (Å²) in [6.45, 7) is 1.42. The van der Waals surface area contributed by atoms with Gasteiger partial charge in [-0.2, -0.15) is 0 Å². The van der Waals surface area contributed by atoms with Crippen molar-refractivity contribution in [2.75, 3.05) is 6.54 Å². The molecule has 4 heteroatoms. The van der Waals surface area contributed by atoms with Crippen LogP contribution < -0.4 is 5.32 Å². The Bertz CT molecular complexity index is 535. The van der Waals surface area contributed by atoms with Crippen LogP contribution in [0, 0.1) is 0 Å². The molecule has 1 heterocycles. The summed E-state index contributed by atoms with van der Waals surface area (Å²) in [5.41, 5.74) is 1.14. The number of rotatable bonds is 6. The standard InChI is InChI=1S/C14H16N2O2/c17-14(18)6-3-7-15-9-12-10-16-8-11-4-1-2-5-13(11)12/h1-2,4-5,8,10,15H,3,6-7,9H2,(H,17,18). The highest BCUT2D eigenvalue weighted by molar-refractivity contribution is 5.84. The van der Waals surface area contributed by atoms with E-state index in [4.69, 9.17) is 5.11 Å². The highest BCUT2D eigenvalue weighted by atomic mass is 16.4. The second-order valence-corrected chi connectivity index (χ2v) is 4.19. The van der Waals surface area contributed by atoms with Crippen molar-refractivity contribution in [2.24, 2.45) is 0 Å². The van der Waals surface area contributed by atoms with Crippen LogP contribution in [0.1, 0.15) is 18.4 Å². The van der Waals surface area contributed by atoms with Crippen LogP contribution in [0.3, 0.4) is 0 Å². The molecule has 0 aliphatic rings. The molecule has 0 aliphatic heterocycles. The number of hydrogen-bond acceptors (Lipinski definition) is 3. The lowest BCUT2D eigenvalue weighted by Crippen LogP contribution is -2.16. The first kappa shape index (κ1) is 12.5. The number of aromatic nitrogens is 1. The van der Waals surface area contributed by atoms with Crippen molar-refractivity contribution < 1.29 is 9.90 Å². The van der Waals surface area contributed by atoms with Crippen LogP contribution in [0.2, 0.25) is 0 Å². The number of nitrogens with zero attached hydrogens (tertiary/aromatic N) is 1. The Morgan fingerprint density at radius 3 is 2.94 bits per heavy atom. The van der Waals surface area contributed by atoms with E-state index >= 15 is 0 Å². The van der Waals surface area contributed by atoms with Crippen molar-refractivity contribution in [3.63, 3.8) is 0 Å². The molecule has 18 heavy (non-hydrogen) atoms. The number of benzene rings is 1. The summed E-state index contributed by atoms with van der Waals surface area (Å²) in [4.78, 5) is 14.6. The quantitative estimate of drug-likeness (QED) is 0.765. The zero-order valence-electron chi connectivity index (χ0n) is 10.1. The summed E-state index contributed by atoms with van der Waals surface area (Å²) in [7, 11) is 0. The SMILES string of the molecule is O=C(O)CCCNCc1cncc2ccccc12. The van der Waals surface area contributed by atoms with Crippen molar-refractivity contribution in [2.45, 2.75) is 19.4 Å². The Morgan fingerprint density at radius 1 is 1.28 bits per heavy atom. The minimum Gasteiger partial charge on any atom is -0.481 e. The van der Waals surface area contributed by atoms with E-state index in [0.717, 1.165) is 10.9 Å². The van der Waals surface area contributed by atoms with Gasteiger partial charge in [0, 0.05) is 30.7 Å². The normalized spacial score (nSPS) is 10.7. The van der Waals surface area contributed by atoms with Crippen LogP contribution in [0.5, 0.6) is 0 Å². The molecule has 4 nitrogen and oxygen atoms in total. The highest BCUT2D eigenvalue weighted by Crippen LogP contribution is 2.16. The maximum Gasteiger partial charge on any atom is 0.303 e. The van der Waals surface area contributed by atoms with Crippen LogP contribution >= 0.6 is 0 Å². The lowest BCUT2D eigenvalue weighted by Gasteiger charge is -2.07. The molecule has 0 aliphatic carbocycles. The molecule has 94 valence electrons. The van der Waals surface area contributed by atoms with E-state index in [9.17, 15) is 4.79 Å². The van der Waals surface area contributed by atoms with Crippen LogP contribution in [-0.4, -0.2) is 22.6 Å². The zero-order valence-corrected chi connectivity index (χ0v) is 10.1. The zero-order chi connectivity index (χ0) is 12.8. The number of carbonyl (C=O) groups is 1. The maximum atomic E-state index is 10.4. The number of pyridine rings is 1. The van der Waals surface area contributed by atoms with Gasteiger partial charge in [-0.15, -0.1) is 0 Å². The number of hydrogen-bond donors (Lipinski definition) is 2. The smallest absolute Gasteiger partial charge is 0.303 e. The largest absolute Gasteiger partial charge is 0.481 e. The first-order valence-corrected chi connectivity index (χ1v) is 6.01. The van der Waals surface area contributed by atoms with Gasteiger partial charge >= 0.3 is 5.97 Å². The third-order valence-electron chi connectivity index (χ3n) is 2.81. The molecule has 0 saturated carbocycles. The van der Waals surface area contributed by atoms with Crippen LogP contribution in [0.4, 0.5) is 0 Å². The molecule has 0 amide bonds. The molecule has 0 bridgehead atoms. The van der Waals surface area contributed by atoms with Gasteiger partial charge in [-0.05, 0) is 23.9 Å². The fraction of sp³-hybridized carbons (Fsp3) is 0.286. The van der Waals surface area contributed by atoms with Crippen molar-refractivity contribution in [3.05, 3.63) is 42.2 Å². The molecule has 1 aromatic heterocycles. The lowest BCUT2D eigenvalue weighted by atomic mass is 10.1.